The Bertz CT molecular complexity index is 942. The fourth-order valence-electron chi connectivity index (χ4n) is 4.81. The van der Waals surface area contributed by atoms with Gasteiger partial charge in [-0.15, -0.1) is 11.3 Å². The van der Waals surface area contributed by atoms with Gasteiger partial charge < -0.3 is 15.2 Å². The van der Waals surface area contributed by atoms with Crippen LogP contribution >= 0.6 is 11.3 Å². The normalized spacial score (nSPS) is 28.6. The minimum absolute atomic E-state index is 0.120. The number of imide groups is 1. The molecule has 152 valence electrons. The molecule has 2 fully saturated rings. The van der Waals surface area contributed by atoms with Crippen LogP contribution in [0.5, 0.6) is 5.75 Å². The monoisotopic (exact) mass is 415 g/mol. The second-order valence-corrected chi connectivity index (χ2v) is 8.49. The largest absolute Gasteiger partial charge is 0.508 e. The number of quaternary nitrogens is 1. The third kappa shape index (κ3) is 2.94. The molecule has 1 aromatic carbocycles. The molecular formula is C21H23N2O5S+. The summed E-state index contributed by atoms with van der Waals surface area (Å²) in [6, 6.07) is 10.0. The Morgan fingerprint density at radius 3 is 2.55 bits per heavy atom. The molecule has 29 heavy (non-hydrogen) atoms. The first kappa shape index (κ1) is 19.6. The molecule has 8 heteroatoms. The topological polar surface area (TPSA) is 101 Å². The lowest BCUT2D eigenvalue weighted by Gasteiger charge is -2.29. The number of benzene rings is 1. The fourth-order valence-corrected chi connectivity index (χ4v) is 5.65. The van der Waals surface area contributed by atoms with Crippen molar-refractivity contribution in [1.29, 1.82) is 0 Å². The van der Waals surface area contributed by atoms with Crippen molar-refractivity contribution in [3.63, 3.8) is 0 Å². The predicted octanol–water partition coefficient (Wildman–Crippen LogP) is 0.847. The molecule has 1 aromatic heterocycles. The Hall–Kier alpha value is -2.71. The van der Waals surface area contributed by atoms with E-state index in [0.29, 0.717) is 0 Å². The van der Waals surface area contributed by atoms with Crippen LogP contribution in [-0.4, -0.2) is 47.0 Å². The SMILES string of the molecule is CCN1C(=O)[C@H]2[C@@H](c3cccs3)[NH2+][C@@](Cc3ccc(O)cc3)(C(=O)OC)[C@@H]2C1=O. The summed E-state index contributed by atoms with van der Waals surface area (Å²) in [5, 5.41) is 13.4. The highest BCUT2D eigenvalue weighted by Crippen LogP contribution is 2.46. The van der Waals surface area contributed by atoms with Crippen LogP contribution in [0.25, 0.3) is 0 Å². The number of nitrogens with zero attached hydrogens (tertiary/aromatic N) is 1. The second-order valence-electron chi connectivity index (χ2n) is 7.51. The lowest BCUT2D eigenvalue weighted by Crippen LogP contribution is -2.98. The quantitative estimate of drug-likeness (QED) is 0.557. The van der Waals surface area contributed by atoms with Crippen molar-refractivity contribution in [2.75, 3.05) is 13.7 Å². The summed E-state index contributed by atoms with van der Waals surface area (Å²) >= 11 is 1.51. The molecule has 0 saturated carbocycles. The third-order valence-corrected chi connectivity index (χ3v) is 7.02. The van der Waals surface area contributed by atoms with Gasteiger partial charge in [-0.25, -0.2) is 4.79 Å². The van der Waals surface area contributed by atoms with E-state index in [1.54, 1.807) is 31.2 Å². The number of phenols is 1. The molecule has 4 rings (SSSR count). The van der Waals surface area contributed by atoms with E-state index in [1.165, 1.54) is 23.3 Å². The van der Waals surface area contributed by atoms with E-state index < -0.39 is 23.3 Å². The number of rotatable bonds is 5. The lowest BCUT2D eigenvalue weighted by molar-refractivity contribution is -0.733. The molecule has 2 saturated heterocycles. The molecule has 2 aliphatic heterocycles. The first-order valence-corrected chi connectivity index (χ1v) is 10.4. The van der Waals surface area contributed by atoms with Gasteiger partial charge in [0.15, 0.2) is 0 Å². The van der Waals surface area contributed by atoms with E-state index >= 15 is 0 Å². The van der Waals surface area contributed by atoms with Crippen molar-refractivity contribution in [1.82, 2.24) is 4.90 Å². The molecule has 0 bridgehead atoms. The highest BCUT2D eigenvalue weighted by atomic mass is 32.1. The van der Waals surface area contributed by atoms with Gasteiger partial charge >= 0.3 is 5.97 Å². The van der Waals surface area contributed by atoms with Gasteiger partial charge in [0.1, 0.15) is 23.6 Å². The molecule has 7 nitrogen and oxygen atoms in total. The number of hydrogen-bond donors (Lipinski definition) is 2. The maximum Gasteiger partial charge on any atom is 0.369 e. The number of nitrogens with two attached hydrogens (primary N) is 1. The summed E-state index contributed by atoms with van der Waals surface area (Å²) in [5.74, 6) is -2.36. The molecule has 4 atom stereocenters. The van der Waals surface area contributed by atoms with Crippen LogP contribution < -0.4 is 5.32 Å². The Kier molecular flexibility index (Phi) is 4.92. The molecule has 0 radical (unpaired) electrons. The van der Waals surface area contributed by atoms with Crippen molar-refractivity contribution in [2.45, 2.75) is 24.9 Å². The van der Waals surface area contributed by atoms with Crippen molar-refractivity contribution < 1.29 is 29.5 Å². The van der Waals surface area contributed by atoms with Crippen molar-refractivity contribution in [3.8, 4) is 5.75 Å². The van der Waals surface area contributed by atoms with Crippen LogP contribution in [-0.2, 0) is 25.5 Å². The summed E-state index contributed by atoms with van der Waals surface area (Å²) in [6.45, 7) is 2.04. The molecule has 2 aliphatic rings. The van der Waals surface area contributed by atoms with E-state index in [1.807, 2.05) is 22.8 Å². The zero-order valence-electron chi connectivity index (χ0n) is 16.2. The molecule has 3 N–H and O–H groups in total. The molecule has 0 unspecified atom stereocenters. The van der Waals surface area contributed by atoms with Crippen LogP contribution in [0.15, 0.2) is 41.8 Å². The maximum absolute atomic E-state index is 13.3. The summed E-state index contributed by atoms with van der Waals surface area (Å²) in [7, 11) is 1.31. The van der Waals surface area contributed by atoms with Gasteiger partial charge in [-0.2, -0.15) is 0 Å². The molecule has 2 amide bonds. The van der Waals surface area contributed by atoms with E-state index in [2.05, 4.69) is 0 Å². The van der Waals surface area contributed by atoms with E-state index in [0.717, 1.165) is 10.4 Å². The Labute approximate surface area is 172 Å². The molecule has 0 aliphatic carbocycles. The van der Waals surface area contributed by atoms with Crippen LogP contribution in [0.3, 0.4) is 0 Å². The summed E-state index contributed by atoms with van der Waals surface area (Å²) in [6.07, 6.45) is 0.222. The van der Waals surface area contributed by atoms with Gasteiger partial charge in [-0.3, -0.25) is 14.5 Å². The number of ether oxygens (including phenoxy) is 1. The smallest absolute Gasteiger partial charge is 0.369 e. The van der Waals surface area contributed by atoms with Gasteiger partial charge in [-0.05, 0) is 36.1 Å². The average Bonchev–Trinajstić information content (AvgIpc) is 3.41. The van der Waals surface area contributed by atoms with Crippen molar-refractivity contribution in [3.05, 3.63) is 52.2 Å². The average molecular weight is 415 g/mol. The Balaban J connectivity index is 1.84. The number of hydrogen-bond acceptors (Lipinski definition) is 6. The fraction of sp³-hybridized carbons (Fsp3) is 0.381. The second kappa shape index (κ2) is 7.27. The van der Waals surface area contributed by atoms with E-state index in [9.17, 15) is 19.5 Å². The number of fused-ring (bicyclic) bond motifs is 1. The number of amides is 2. The number of esters is 1. The lowest BCUT2D eigenvalue weighted by atomic mass is 9.76. The number of carbonyl (C=O) groups excluding carboxylic acids is 3. The number of aromatic hydroxyl groups is 1. The molecule has 0 spiro atoms. The van der Waals surface area contributed by atoms with Crippen molar-refractivity contribution >= 4 is 29.1 Å². The molecular weight excluding hydrogens is 392 g/mol. The third-order valence-electron chi connectivity index (χ3n) is 6.05. The Morgan fingerprint density at radius 1 is 1.24 bits per heavy atom. The minimum atomic E-state index is -1.25. The number of methoxy groups -OCH3 is 1. The summed E-state index contributed by atoms with van der Waals surface area (Å²) in [5.41, 5.74) is -0.466. The summed E-state index contributed by atoms with van der Waals surface area (Å²) < 4.78 is 5.16. The highest BCUT2D eigenvalue weighted by Gasteiger charge is 2.72. The van der Waals surface area contributed by atoms with Gasteiger partial charge in [0.05, 0.1) is 12.0 Å². The highest BCUT2D eigenvalue weighted by molar-refractivity contribution is 7.10. The van der Waals surface area contributed by atoms with Crippen LogP contribution in [0.4, 0.5) is 0 Å². The predicted molar refractivity (Wildman–Crippen MR) is 105 cm³/mol. The first-order valence-electron chi connectivity index (χ1n) is 9.54. The van der Waals surface area contributed by atoms with E-state index in [4.69, 9.17) is 4.74 Å². The van der Waals surface area contributed by atoms with E-state index in [-0.39, 0.29) is 36.6 Å². The number of thiophene rings is 1. The van der Waals surface area contributed by atoms with Gasteiger partial charge in [0, 0.05) is 13.0 Å². The Morgan fingerprint density at radius 2 is 1.97 bits per heavy atom. The minimum Gasteiger partial charge on any atom is -0.508 e. The number of likely N-dealkylation sites (tertiary alicyclic amines) is 1. The van der Waals surface area contributed by atoms with Crippen molar-refractivity contribution in [2.24, 2.45) is 11.8 Å². The zero-order chi connectivity index (χ0) is 20.8. The summed E-state index contributed by atoms with van der Waals surface area (Å²) in [4.78, 5) is 41.7. The van der Waals surface area contributed by atoms with Crippen LogP contribution in [0.2, 0.25) is 0 Å². The maximum atomic E-state index is 13.3. The zero-order valence-corrected chi connectivity index (χ0v) is 17.0. The standard InChI is InChI=1S/C21H22N2O5S/c1-3-23-18(25)15-16(19(23)26)21(20(27)28-2,11-12-6-8-13(24)9-7-12)22-17(15)14-5-4-10-29-14/h4-10,15-17,22,24H,3,11H2,1-2H3/p+1/t15-,16+,17-,21-/m1/s1. The van der Waals surface area contributed by atoms with Crippen LogP contribution in [0.1, 0.15) is 23.4 Å². The number of carbonyl (C=O) groups is 3. The van der Waals surface area contributed by atoms with Gasteiger partial charge in [-0.1, -0.05) is 18.2 Å². The van der Waals surface area contributed by atoms with Gasteiger partial charge in [0.2, 0.25) is 17.4 Å². The molecule has 2 aromatic rings. The number of phenolic OH excluding ortho intramolecular Hbond substituents is 1. The first-order chi connectivity index (χ1) is 13.9. The van der Waals surface area contributed by atoms with Gasteiger partial charge in [0.25, 0.3) is 0 Å². The van der Waals surface area contributed by atoms with Crippen LogP contribution in [0, 0.1) is 11.8 Å². The molecule has 3 heterocycles.